The van der Waals surface area contributed by atoms with E-state index < -0.39 is 0 Å². The van der Waals surface area contributed by atoms with E-state index in [0.717, 1.165) is 15.8 Å². The van der Waals surface area contributed by atoms with Gasteiger partial charge in [-0.05, 0) is 29.6 Å². The molecule has 0 radical (unpaired) electrons. The lowest BCUT2D eigenvalue weighted by Crippen LogP contribution is -2.19. The van der Waals surface area contributed by atoms with Gasteiger partial charge in [0, 0.05) is 22.1 Å². The molecule has 3 aromatic rings. The minimum absolute atomic E-state index is 0.00975. The first kappa shape index (κ1) is 11.4. The van der Waals surface area contributed by atoms with E-state index in [0.29, 0.717) is 11.6 Å². The van der Waals surface area contributed by atoms with Gasteiger partial charge in [0.15, 0.2) is 0 Å². The Hall–Kier alpha value is -1.65. The summed E-state index contributed by atoms with van der Waals surface area (Å²) in [6, 6.07) is 7.29. The molecule has 0 spiro atoms. The van der Waals surface area contributed by atoms with E-state index in [2.05, 4.69) is 4.98 Å². The molecule has 0 saturated carbocycles. The fraction of sp³-hybridized carbons (Fsp3) is 0.0769. The molecule has 0 aliphatic heterocycles. The summed E-state index contributed by atoms with van der Waals surface area (Å²) >= 11 is 7.47. The van der Waals surface area contributed by atoms with Crippen molar-refractivity contribution in [2.75, 3.05) is 0 Å². The lowest BCUT2D eigenvalue weighted by molar-refractivity contribution is 0.747. The van der Waals surface area contributed by atoms with E-state index in [-0.39, 0.29) is 5.56 Å². The van der Waals surface area contributed by atoms with Crippen molar-refractivity contribution >= 4 is 33.0 Å². The molecule has 0 amide bonds. The molecule has 3 aromatic heterocycles. The molecule has 0 N–H and O–H groups in total. The highest BCUT2D eigenvalue weighted by Gasteiger charge is 2.05. The Labute approximate surface area is 112 Å². The van der Waals surface area contributed by atoms with Crippen LogP contribution in [0.4, 0.5) is 0 Å². The standard InChI is InChI=1S/C13H9ClN2OS/c14-9-1-4-15-10(7-9)8-16-5-2-12-11(13(16)17)3-6-18-12/h1-7H,8H2. The van der Waals surface area contributed by atoms with E-state index in [1.807, 2.05) is 17.5 Å². The molecule has 0 fully saturated rings. The number of rotatable bonds is 2. The molecule has 0 bridgehead atoms. The average Bonchev–Trinajstić information content (AvgIpc) is 2.82. The van der Waals surface area contributed by atoms with Crippen LogP contribution in [0.15, 0.2) is 46.8 Å². The van der Waals surface area contributed by atoms with Crippen LogP contribution in [0.1, 0.15) is 5.69 Å². The fourth-order valence-corrected chi connectivity index (χ4v) is 2.80. The van der Waals surface area contributed by atoms with Crippen LogP contribution in [0, 0.1) is 0 Å². The predicted molar refractivity (Wildman–Crippen MR) is 74.4 cm³/mol. The highest BCUT2D eigenvalue weighted by molar-refractivity contribution is 7.17. The van der Waals surface area contributed by atoms with Gasteiger partial charge in [0.05, 0.1) is 17.6 Å². The smallest absolute Gasteiger partial charge is 0.259 e. The fourth-order valence-electron chi connectivity index (χ4n) is 1.84. The van der Waals surface area contributed by atoms with E-state index in [9.17, 15) is 4.79 Å². The number of hydrogen-bond donors (Lipinski definition) is 0. The first-order valence-corrected chi connectivity index (χ1v) is 6.67. The molecule has 18 heavy (non-hydrogen) atoms. The summed E-state index contributed by atoms with van der Waals surface area (Å²) in [5.41, 5.74) is 0.787. The van der Waals surface area contributed by atoms with Crippen LogP contribution in [0.25, 0.3) is 10.1 Å². The van der Waals surface area contributed by atoms with Crippen molar-refractivity contribution in [3.05, 3.63) is 63.1 Å². The summed E-state index contributed by atoms with van der Waals surface area (Å²) in [5.74, 6) is 0. The molecule has 0 saturated heterocycles. The van der Waals surface area contributed by atoms with Gasteiger partial charge in [-0.25, -0.2) is 0 Å². The van der Waals surface area contributed by atoms with Gasteiger partial charge in [0.2, 0.25) is 0 Å². The number of hydrogen-bond acceptors (Lipinski definition) is 3. The zero-order chi connectivity index (χ0) is 12.5. The third-order valence-corrected chi connectivity index (χ3v) is 3.82. The van der Waals surface area contributed by atoms with Crippen molar-refractivity contribution in [1.29, 1.82) is 0 Å². The SMILES string of the molecule is O=c1c2ccsc2ccn1Cc1cc(Cl)ccn1. The van der Waals surface area contributed by atoms with Gasteiger partial charge in [-0.15, -0.1) is 11.3 Å². The van der Waals surface area contributed by atoms with Crippen LogP contribution >= 0.6 is 22.9 Å². The summed E-state index contributed by atoms with van der Waals surface area (Å²) in [7, 11) is 0. The largest absolute Gasteiger partial charge is 0.309 e. The molecule has 0 unspecified atom stereocenters. The van der Waals surface area contributed by atoms with Crippen LogP contribution < -0.4 is 5.56 Å². The Kier molecular flexibility index (Phi) is 2.89. The van der Waals surface area contributed by atoms with Gasteiger partial charge < -0.3 is 4.57 Å². The number of nitrogens with zero attached hydrogens (tertiary/aromatic N) is 2. The van der Waals surface area contributed by atoms with Crippen molar-refractivity contribution in [3.63, 3.8) is 0 Å². The maximum Gasteiger partial charge on any atom is 0.259 e. The number of halogens is 1. The van der Waals surface area contributed by atoms with Gasteiger partial charge in [-0.3, -0.25) is 9.78 Å². The molecule has 0 aliphatic rings. The molecule has 0 atom stereocenters. The predicted octanol–water partition coefficient (Wildman–Crippen LogP) is 3.16. The number of thiophene rings is 1. The molecule has 0 aliphatic carbocycles. The first-order valence-electron chi connectivity index (χ1n) is 5.41. The van der Waals surface area contributed by atoms with Crippen molar-refractivity contribution in [2.45, 2.75) is 6.54 Å². The molecule has 3 rings (SSSR count). The van der Waals surface area contributed by atoms with E-state index in [4.69, 9.17) is 11.6 Å². The second-order valence-electron chi connectivity index (χ2n) is 3.91. The van der Waals surface area contributed by atoms with Gasteiger partial charge in [-0.1, -0.05) is 11.6 Å². The Morgan fingerprint density at radius 1 is 1.33 bits per heavy atom. The second kappa shape index (κ2) is 4.55. The molecule has 0 aromatic carbocycles. The quantitative estimate of drug-likeness (QED) is 0.721. The summed E-state index contributed by atoms with van der Waals surface area (Å²) in [6.45, 7) is 0.436. The van der Waals surface area contributed by atoms with Crippen molar-refractivity contribution < 1.29 is 0 Å². The Bertz CT molecular complexity index is 763. The Morgan fingerprint density at radius 3 is 3.06 bits per heavy atom. The van der Waals surface area contributed by atoms with Gasteiger partial charge in [0.1, 0.15) is 0 Å². The van der Waals surface area contributed by atoms with Crippen molar-refractivity contribution in [3.8, 4) is 0 Å². The first-order chi connectivity index (χ1) is 8.74. The van der Waals surface area contributed by atoms with Crippen LogP contribution in [0.5, 0.6) is 0 Å². The van der Waals surface area contributed by atoms with E-state index >= 15 is 0 Å². The summed E-state index contributed by atoms with van der Waals surface area (Å²) in [4.78, 5) is 16.4. The topological polar surface area (TPSA) is 34.9 Å². The molecule has 3 nitrogen and oxygen atoms in total. The molecule has 90 valence electrons. The molecule has 5 heteroatoms. The maximum absolute atomic E-state index is 12.2. The lowest BCUT2D eigenvalue weighted by Gasteiger charge is -2.05. The minimum atomic E-state index is 0.00975. The molecule has 3 heterocycles. The van der Waals surface area contributed by atoms with Gasteiger partial charge in [-0.2, -0.15) is 0 Å². The number of pyridine rings is 2. The summed E-state index contributed by atoms with van der Waals surface area (Å²) in [5, 5.41) is 3.31. The zero-order valence-corrected chi connectivity index (χ0v) is 10.9. The van der Waals surface area contributed by atoms with Crippen molar-refractivity contribution in [1.82, 2.24) is 9.55 Å². The Balaban J connectivity index is 2.05. The average molecular weight is 277 g/mol. The number of aromatic nitrogens is 2. The zero-order valence-electron chi connectivity index (χ0n) is 9.34. The van der Waals surface area contributed by atoms with Gasteiger partial charge in [0.25, 0.3) is 5.56 Å². The van der Waals surface area contributed by atoms with Crippen molar-refractivity contribution in [2.24, 2.45) is 0 Å². The summed E-state index contributed by atoms with van der Waals surface area (Å²) < 4.78 is 2.66. The highest BCUT2D eigenvalue weighted by Crippen LogP contribution is 2.16. The van der Waals surface area contributed by atoms with E-state index in [1.165, 1.54) is 0 Å². The third-order valence-electron chi connectivity index (χ3n) is 2.70. The monoisotopic (exact) mass is 276 g/mol. The Morgan fingerprint density at radius 2 is 2.22 bits per heavy atom. The third kappa shape index (κ3) is 2.05. The minimum Gasteiger partial charge on any atom is -0.309 e. The van der Waals surface area contributed by atoms with Crippen LogP contribution in [-0.4, -0.2) is 9.55 Å². The maximum atomic E-state index is 12.2. The van der Waals surface area contributed by atoms with E-state index in [1.54, 1.807) is 40.4 Å². The van der Waals surface area contributed by atoms with Crippen LogP contribution in [-0.2, 0) is 6.54 Å². The second-order valence-corrected chi connectivity index (χ2v) is 5.30. The number of fused-ring (bicyclic) bond motifs is 1. The van der Waals surface area contributed by atoms with Crippen LogP contribution in [0.2, 0.25) is 5.02 Å². The van der Waals surface area contributed by atoms with Gasteiger partial charge >= 0.3 is 0 Å². The highest BCUT2D eigenvalue weighted by atomic mass is 35.5. The normalized spacial score (nSPS) is 10.9. The lowest BCUT2D eigenvalue weighted by atomic mass is 10.3. The van der Waals surface area contributed by atoms with Crippen LogP contribution in [0.3, 0.4) is 0 Å². The molecular formula is C13H9ClN2OS. The molecular weight excluding hydrogens is 268 g/mol. The summed E-state index contributed by atoms with van der Waals surface area (Å²) in [6.07, 6.45) is 3.44.